The Morgan fingerprint density at radius 1 is 1.33 bits per heavy atom. The summed E-state index contributed by atoms with van der Waals surface area (Å²) in [5, 5.41) is 19.6. The fourth-order valence-electron chi connectivity index (χ4n) is 1.56. The molecule has 0 fully saturated rings. The first kappa shape index (κ1) is 15.2. The Kier molecular flexibility index (Phi) is 6.35. The van der Waals surface area contributed by atoms with E-state index < -0.39 is 12.2 Å². The van der Waals surface area contributed by atoms with Crippen LogP contribution in [0.3, 0.4) is 0 Å². The molecular weight excluding hydrogens is 250 g/mol. The number of aliphatic hydroxyl groups is 2. The molecule has 0 aliphatic carbocycles. The second-order valence-corrected chi connectivity index (χ2v) is 5.29. The van der Waals surface area contributed by atoms with Gasteiger partial charge in [0.05, 0.1) is 6.10 Å². The van der Waals surface area contributed by atoms with Crippen LogP contribution in [0.15, 0.2) is 24.3 Å². The van der Waals surface area contributed by atoms with Crippen molar-refractivity contribution in [1.82, 2.24) is 0 Å². The lowest BCUT2D eigenvalue weighted by Gasteiger charge is -2.17. The van der Waals surface area contributed by atoms with E-state index in [-0.39, 0.29) is 10.9 Å². The van der Waals surface area contributed by atoms with Gasteiger partial charge in [-0.25, -0.2) is 0 Å². The molecule has 0 saturated heterocycles. The Balaban J connectivity index is 2.59. The van der Waals surface area contributed by atoms with Crippen LogP contribution in [0.1, 0.15) is 24.2 Å². The summed E-state index contributed by atoms with van der Waals surface area (Å²) in [6.07, 6.45) is -1.12. The summed E-state index contributed by atoms with van der Waals surface area (Å²) in [7, 11) is 0. The summed E-state index contributed by atoms with van der Waals surface area (Å²) in [6, 6.07) is 7.32. The van der Waals surface area contributed by atoms with Crippen molar-refractivity contribution in [2.45, 2.75) is 25.6 Å². The number of thioether (sulfide) groups is 1. The normalized spacial score (nSPS) is 14.2. The highest BCUT2D eigenvalue weighted by Crippen LogP contribution is 2.20. The van der Waals surface area contributed by atoms with Gasteiger partial charge in [-0.3, -0.25) is 4.79 Å². The van der Waals surface area contributed by atoms with Crippen molar-refractivity contribution in [2.75, 3.05) is 12.3 Å². The van der Waals surface area contributed by atoms with Crippen LogP contribution >= 0.6 is 11.8 Å². The van der Waals surface area contributed by atoms with E-state index in [9.17, 15) is 15.0 Å². The minimum atomic E-state index is -0.969. The number of carbonyl (C=O) groups is 1. The van der Waals surface area contributed by atoms with Crippen molar-refractivity contribution in [3.8, 4) is 0 Å². The van der Waals surface area contributed by atoms with E-state index in [1.165, 1.54) is 6.92 Å². The second-order valence-electron chi connectivity index (χ2n) is 4.10. The van der Waals surface area contributed by atoms with Gasteiger partial charge < -0.3 is 15.9 Å². The maximum atomic E-state index is 10.8. The molecule has 0 saturated carbocycles. The first-order chi connectivity index (χ1) is 8.54. The molecule has 1 aromatic carbocycles. The van der Waals surface area contributed by atoms with Crippen LogP contribution < -0.4 is 5.73 Å². The van der Waals surface area contributed by atoms with Gasteiger partial charge in [-0.05, 0) is 24.1 Å². The highest BCUT2D eigenvalue weighted by Gasteiger charge is 2.18. The van der Waals surface area contributed by atoms with Crippen LogP contribution in [-0.2, 0) is 11.2 Å². The first-order valence-electron chi connectivity index (χ1n) is 5.83. The second kappa shape index (κ2) is 7.53. The number of nitrogens with two attached hydrogens (primary N) is 1. The minimum Gasteiger partial charge on any atom is -0.389 e. The lowest BCUT2D eigenvalue weighted by molar-refractivity contribution is -0.109. The SMILES string of the molecule is CC(=O)SCC(O)C(O)c1ccc(CCN)cc1. The molecule has 18 heavy (non-hydrogen) atoms. The zero-order valence-electron chi connectivity index (χ0n) is 10.4. The predicted octanol–water partition coefficient (Wildman–Crippen LogP) is 0.862. The Bertz CT molecular complexity index is 380. The van der Waals surface area contributed by atoms with Crippen LogP contribution in [0.4, 0.5) is 0 Å². The first-order valence-corrected chi connectivity index (χ1v) is 6.81. The van der Waals surface area contributed by atoms with Gasteiger partial charge in [0, 0.05) is 12.7 Å². The topological polar surface area (TPSA) is 83.5 Å². The third kappa shape index (κ3) is 4.78. The molecule has 5 heteroatoms. The molecule has 0 aliphatic heterocycles. The fraction of sp³-hybridized carbons (Fsp3) is 0.462. The van der Waals surface area contributed by atoms with E-state index in [2.05, 4.69) is 0 Å². The van der Waals surface area contributed by atoms with Gasteiger partial charge in [0.15, 0.2) is 5.12 Å². The van der Waals surface area contributed by atoms with Crippen molar-refractivity contribution in [2.24, 2.45) is 5.73 Å². The van der Waals surface area contributed by atoms with E-state index in [1.54, 1.807) is 12.1 Å². The average Bonchev–Trinajstić information content (AvgIpc) is 2.36. The molecule has 1 rings (SSSR count). The van der Waals surface area contributed by atoms with Crippen molar-refractivity contribution in [3.05, 3.63) is 35.4 Å². The van der Waals surface area contributed by atoms with Crippen LogP contribution in [0.2, 0.25) is 0 Å². The summed E-state index contributed by atoms with van der Waals surface area (Å²) in [4.78, 5) is 10.8. The van der Waals surface area contributed by atoms with E-state index in [4.69, 9.17) is 5.73 Å². The maximum absolute atomic E-state index is 10.8. The molecule has 0 radical (unpaired) electrons. The van der Waals surface area contributed by atoms with Crippen LogP contribution in [0.25, 0.3) is 0 Å². The van der Waals surface area contributed by atoms with Crippen molar-refractivity contribution in [3.63, 3.8) is 0 Å². The number of hydrogen-bond acceptors (Lipinski definition) is 5. The van der Waals surface area contributed by atoms with Gasteiger partial charge in [-0.1, -0.05) is 36.0 Å². The molecule has 0 heterocycles. The lowest BCUT2D eigenvalue weighted by Crippen LogP contribution is -2.21. The molecule has 4 N–H and O–H groups in total. The number of hydrogen-bond donors (Lipinski definition) is 3. The molecule has 2 unspecified atom stereocenters. The smallest absolute Gasteiger partial charge is 0.185 e. The summed E-state index contributed by atoms with van der Waals surface area (Å²) in [5.41, 5.74) is 7.19. The molecule has 1 aromatic rings. The molecule has 0 amide bonds. The number of benzene rings is 1. The van der Waals surface area contributed by atoms with Crippen LogP contribution in [-0.4, -0.2) is 33.7 Å². The number of aliphatic hydroxyl groups excluding tert-OH is 2. The Hall–Kier alpha value is -0.880. The van der Waals surface area contributed by atoms with E-state index in [0.29, 0.717) is 12.1 Å². The molecule has 0 aliphatic rings. The highest BCUT2D eigenvalue weighted by atomic mass is 32.2. The van der Waals surface area contributed by atoms with E-state index >= 15 is 0 Å². The zero-order valence-corrected chi connectivity index (χ0v) is 11.2. The highest BCUT2D eigenvalue weighted by molar-refractivity contribution is 8.13. The summed E-state index contributed by atoms with van der Waals surface area (Å²) >= 11 is 1.01. The number of rotatable bonds is 6. The average molecular weight is 269 g/mol. The molecule has 0 spiro atoms. The van der Waals surface area contributed by atoms with Gasteiger partial charge in [0.1, 0.15) is 6.10 Å². The van der Waals surface area contributed by atoms with Gasteiger partial charge in [-0.15, -0.1) is 0 Å². The molecular formula is C13H19NO3S. The fourth-order valence-corrected chi connectivity index (χ4v) is 2.15. The monoisotopic (exact) mass is 269 g/mol. The molecule has 0 aromatic heterocycles. The molecule has 100 valence electrons. The maximum Gasteiger partial charge on any atom is 0.185 e. The standard InChI is InChI=1S/C13H19NO3S/c1-9(15)18-8-12(16)13(17)11-4-2-10(3-5-11)6-7-14/h2-5,12-13,16-17H,6-8,14H2,1H3. The molecule has 0 bridgehead atoms. The molecule has 2 atom stereocenters. The van der Waals surface area contributed by atoms with Crippen LogP contribution in [0.5, 0.6) is 0 Å². The summed E-state index contributed by atoms with van der Waals surface area (Å²) < 4.78 is 0. The van der Waals surface area contributed by atoms with Gasteiger partial charge in [-0.2, -0.15) is 0 Å². The third-order valence-corrected chi connectivity index (χ3v) is 3.49. The number of carbonyl (C=O) groups excluding carboxylic acids is 1. The van der Waals surface area contributed by atoms with Gasteiger partial charge >= 0.3 is 0 Å². The Morgan fingerprint density at radius 2 is 1.94 bits per heavy atom. The largest absolute Gasteiger partial charge is 0.389 e. The van der Waals surface area contributed by atoms with Gasteiger partial charge in [0.2, 0.25) is 0 Å². The molecule has 4 nitrogen and oxygen atoms in total. The summed E-state index contributed by atoms with van der Waals surface area (Å²) in [6.45, 7) is 2.02. The lowest BCUT2D eigenvalue weighted by atomic mass is 10.0. The van der Waals surface area contributed by atoms with E-state index in [0.717, 1.165) is 23.7 Å². The zero-order chi connectivity index (χ0) is 13.5. The van der Waals surface area contributed by atoms with Crippen molar-refractivity contribution >= 4 is 16.9 Å². The minimum absolute atomic E-state index is 0.0699. The van der Waals surface area contributed by atoms with Crippen molar-refractivity contribution < 1.29 is 15.0 Å². The Labute approximate surface area is 111 Å². The van der Waals surface area contributed by atoms with Gasteiger partial charge in [0.25, 0.3) is 0 Å². The van der Waals surface area contributed by atoms with Crippen LogP contribution in [0, 0.1) is 0 Å². The third-order valence-electron chi connectivity index (χ3n) is 2.58. The predicted molar refractivity (Wildman–Crippen MR) is 73.3 cm³/mol. The summed E-state index contributed by atoms with van der Waals surface area (Å²) in [5.74, 6) is 0.195. The van der Waals surface area contributed by atoms with E-state index in [1.807, 2.05) is 12.1 Å². The van der Waals surface area contributed by atoms with Crippen molar-refractivity contribution in [1.29, 1.82) is 0 Å². The Morgan fingerprint density at radius 3 is 2.44 bits per heavy atom. The quantitative estimate of drug-likeness (QED) is 0.713.